The minimum Gasteiger partial charge on any atom is -0.466 e. The zero-order chi connectivity index (χ0) is 17.0. The van der Waals surface area contributed by atoms with Crippen molar-refractivity contribution in [3.63, 3.8) is 0 Å². The summed E-state index contributed by atoms with van der Waals surface area (Å²) in [4.78, 5) is 11.3. The maximum absolute atomic E-state index is 11.3. The van der Waals surface area contributed by atoms with Crippen LogP contribution in [0.5, 0.6) is 0 Å². The van der Waals surface area contributed by atoms with Gasteiger partial charge in [-0.25, -0.2) is 0 Å². The van der Waals surface area contributed by atoms with Crippen molar-refractivity contribution in [1.82, 2.24) is 0 Å². The van der Waals surface area contributed by atoms with Crippen LogP contribution >= 0.6 is 0 Å². The minimum atomic E-state index is -0.0583. The van der Waals surface area contributed by atoms with E-state index in [1.54, 1.807) is 0 Å². The summed E-state index contributed by atoms with van der Waals surface area (Å²) in [5.74, 6) is -0.0583. The Labute approximate surface area is 143 Å². The van der Waals surface area contributed by atoms with E-state index in [0.29, 0.717) is 13.0 Å². The van der Waals surface area contributed by atoms with Gasteiger partial charge in [0, 0.05) is 6.42 Å². The molecule has 2 heteroatoms. The zero-order valence-corrected chi connectivity index (χ0v) is 15.0. The van der Waals surface area contributed by atoms with E-state index in [1.807, 2.05) is 6.92 Å². The third kappa shape index (κ3) is 18.4. The number of ether oxygens (including phenoxy) is 1. The fourth-order valence-electron chi connectivity index (χ4n) is 1.92. The maximum atomic E-state index is 11.3. The fourth-order valence-corrected chi connectivity index (χ4v) is 1.92. The van der Waals surface area contributed by atoms with Gasteiger partial charge in [-0.2, -0.15) is 0 Å². The monoisotopic (exact) mass is 318 g/mol. The lowest BCUT2D eigenvalue weighted by molar-refractivity contribution is -0.143. The quantitative estimate of drug-likeness (QED) is 0.213. The molecule has 0 saturated carbocycles. The molecule has 0 fully saturated rings. The molecule has 0 aromatic rings. The van der Waals surface area contributed by atoms with Crippen LogP contribution in [0.25, 0.3) is 0 Å². The van der Waals surface area contributed by atoms with Crippen molar-refractivity contribution in [2.45, 2.75) is 71.6 Å². The Morgan fingerprint density at radius 1 is 0.783 bits per heavy atom. The van der Waals surface area contributed by atoms with Crippen molar-refractivity contribution in [2.75, 3.05) is 6.61 Å². The van der Waals surface area contributed by atoms with Gasteiger partial charge in [0.15, 0.2) is 0 Å². The van der Waals surface area contributed by atoms with E-state index in [2.05, 4.69) is 55.5 Å². The number of allylic oxidation sites excluding steroid dienone is 8. The molecule has 23 heavy (non-hydrogen) atoms. The number of carbonyl (C=O) groups is 1. The molecule has 0 N–H and O–H groups in total. The van der Waals surface area contributed by atoms with E-state index in [1.165, 1.54) is 0 Å². The molecule has 0 rings (SSSR count). The molecule has 0 atom stereocenters. The Morgan fingerprint density at radius 3 is 1.91 bits per heavy atom. The van der Waals surface area contributed by atoms with Crippen molar-refractivity contribution in [1.29, 1.82) is 0 Å². The summed E-state index contributed by atoms with van der Waals surface area (Å²) in [7, 11) is 0. The molecule has 0 saturated heterocycles. The zero-order valence-electron chi connectivity index (χ0n) is 15.0. The van der Waals surface area contributed by atoms with Crippen molar-refractivity contribution in [2.24, 2.45) is 0 Å². The first-order valence-electron chi connectivity index (χ1n) is 9.06. The summed E-state index contributed by atoms with van der Waals surface area (Å²) in [6.45, 7) is 4.71. The Kier molecular flexibility index (Phi) is 17.2. The molecule has 0 aliphatic heterocycles. The molecule has 0 radical (unpaired) electrons. The van der Waals surface area contributed by atoms with Gasteiger partial charge < -0.3 is 4.74 Å². The van der Waals surface area contributed by atoms with Gasteiger partial charge in [0.25, 0.3) is 0 Å². The van der Waals surface area contributed by atoms with Gasteiger partial charge in [0.05, 0.1) is 6.61 Å². The number of rotatable bonds is 14. The summed E-state index contributed by atoms with van der Waals surface area (Å²) in [6, 6.07) is 0. The number of hydrogen-bond acceptors (Lipinski definition) is 2. The van der Waals surface area contributed by atoms with Crippen molar-refractivity contribution in [3.8, 4) is 0 Å². The summed E-state index contributed by atoms with van der Waals surface area (Å²) < 4.78 is 5.04. The average Bonchev–Trinajstić information content (AvgIpc) is 2.56. The maximum Gasteiger partial charge on any atom is 0.305 e. The Balaban J connectivity index is 3.41. The van der Waals surface area contributed by atoms with Crippen molar-refractivity contribution < 1.29 is 9.53 Å². The first-order valence-corrected chi connectivity index (χ1v) is 9.06. The summed E-state index contributed by atoms with van der Waals surface area (Å²) in [5, 5.41) is 0. The van der Waals surface area contributed by atoms with Crippen LogP contribution in [-0.4, -0.2) is 12.6 Å². The summed E-state index contributed by atoms with van der Waals surface area (Å²) in [5.41, 5.74) is 0. The molecular weight excluding hydrogens is 284 g/mol. The molecule has 0 aliphatic rings. The predicted molar refractivity (Wildman–Crippen MR) is 100 cm³/mol. The normalized spacial score (nSPS) is 12.3. The van der Waals surface area contributed by atoms with E-state index >= 15 is 0 Å². The molecular formula is C21H34O2. The van der Waals surface area contributed by atoms with Gasteiger partial charge in [-0.3, -0.25) is 4.79 Å². The van der Waals surface area contributed by atoms with Gasteiger partial charge in [0.2, 0.25) is 0 Å². The second-order valence-electron chi connectivity index (χ2n) is 5.47. The molecule has 0 aliphatic carbocycles. The largest absolute Gasteiger partial charge is 0.466 e. The lowest BCUT2D eigenvalue weighted by Gasteiger charge is -2.01. The predicted octanol–water partition coefficient (Wildman–Crippen LogP) is 6.31. The average molecular weight is 319 g/mol. The van der Waals surface area contributed by atoms with Gasteiger partial charge in [-0.05, 0) is 51.4 Å². The number of carbonyl (C=O) groups excluding carboxylic acids is 1. The van der Waals surface area contributed by atoms with E-state index < -0.39 is 0 Å². The smallest absolute Gasteiger partial charge is 0.305 e. The molecule has 130 valence electrons. The van der Waals surface area contributed by atoms with Crippen LogP contribution in [0.3, 0.4) is 0 Å². The Bertz CT molecular complexity index is 375. The number of unbranched alkanes of at least 4 members (excludes halogenated alkanes) is 2. The van der Waals surface area contributed by atoms with E-state index in [4.69, 9.17) is 4.74 Å². The molecule has 0 heterocycles. The molecule has 0 amide bonds. The number of hydrogen-bond donors (Lipinski definition) is 0. The van der Waals surface area contributed by atoms with E-state index in [9.17, 15) is 4.79 Å². The topological polar surface area (TPSA) is 26.3 Å². The van der Waals surface area contributed by atoms with Crippen LogP contribution in [0.15, 0.2) is 48.6 Å². The van der Waals surface area contributed by atoms with Crippen LogP contribution < -0.4 is 0 Å². The van der Waals surface area contributed by atoms with Crippen LogP contribution in [-0.2, 0) is 9.53 Å². The van der Waals surface area contributed by atoms with Gasteiger partial charge in [-0.1, -0.05) is 62.5 Å². The molecule has 0 unspecified atom stereocenters. The van der Waals surface area contributed by atoms with Crippen molar-refractivity contribution >= 4 is 5.97 Å². The minimum absolute atomic E-state index is 0.0583. The molecule has 0 bridgehead atoms. The van der Waals surface area contributed by atoms with Crippen LogP contribution in [0.2, 0.25) is 0 Å². The lowest BCUT2D eigenvalue weighted by Crippen LogP contribution is -2.04. The van der Waals surface area contributed by atoms with Crippen LogP contribution in [0.1, 0.15) is 71.6 Å². The first-order chi connectivity index (χ1) is 11.3. The summed E-state index contributed by atoms with van der Waals surface area (Å²) in [6.07, 6.45) is 26.2. The molecule has 0 spiro atoms. The highest BCUT2D eigenvalue weighted by Crippen LogP contribution is 2.03. The third-order valence-electron chi connectivity index (χ3n) is 3.19. The third-order valence-corrected chi connectivity index (χ3v) is 3.19. The van der Waals surface area contributed by atoms with Crippen molar-refractivity contribution in [3.05, 3.63) is 48.6 Å². The van der Waals surface area contributed by atoms with Crippen LogP contribution in [0, 0.1) is 0 Å². The lowest BCUT2D eigenvalue weighted by atomic mass is 10.2. The standard InChI is InChI=1S/C21H34O2/c1-3-5-6-7-8-9-10-11-12-13-14-15-16-17-18-19-21(22)23-20-4-2/h5-6,8-9,11-12,14-15H,3-4,7,10,13,16-20H2,1-2H3/b6-5-,9-8-,12-11-,15-14-. The SMILES string of the molecule is CC/C=C\C/C=C\C/C=C\C/C=C\CCCCC(=O)OCCC. The van der Waals surface area contributed by atoms with Gasteiger partial charge >= 0.3 is 5.97 Å². The van der Waals surface area contributed by atoms with E-state index in [-0.39, 0.29) is 5.97 Å². The second kappa shape index (κ2) is 18.5. The molecule has 0 aromatic carbocycles. The number of esters is 1. The highest BCUT2D eigenvalue weighted by molar-refractivity contribution is 5.69. The van der Waals surface area contributed by atoms with Gasteiger partial charge in [0.1, 0.15) is 0 Å². The fraction of sp³-hybridized carbons (Fsp3) is 0.571. The second-order valence-corrected chi connectivity index (χ2v) is 5.47. The van der Waals surface area contributed by atoms with E-state index in [0.717, 1.165) is 51.4 Å². The summed E-state index contributed by atoms with van der Waals surface area (Å²) >= 11 is 0. The highest BCUT2D eigenvalue weighted by atomic mass is 16.5. The Hall–Kier alpha value is -1.57. The van der Waals surface area contributed by atoms with Crippen LogP contribution in [0.4, 0.5) is 0 Å². The Morgan fingerprint density at radius 2 is 1.35 bits per heavy atom. The molecule has 2 nitrogen and oxygen atoms in total. The highest BCUT2D eigenvalue weighted by Gasteiger charge is 2.00. The molecule has 0 aromatic heterocycles. The van der Waals surface area contributed by atoms with Gasteiger partial charge in [-0.15, -0.1) is 0 Å². The first kappa shape index (κ1) is 21.4.